The number of rotatable bonds is 2. The molecule has 3 heteroatoms. The van der Waals surface area contributed by atoms with Crippen LogP contribution < -0.4 is 0 Å². The Hall–Kier alpha value is -1.07. The molecule has 1 nitrogen and oxygen atoms in total. The molecule has 1 aromatic carbocycles. The van der Waals surface area contributed by atoms with Crippen LogP contribution in [0.4, 0.5) is 4.39 Å². The molecule has 0 atom stereocenters. The van der Waals surface area contributed by atoms with Gasteiger partial charge >= 0.3 is 0 Å². The molecular formula is C13H13ClFN. The third kappa shape index (κ3) is 2.05. The van der Waals surface area contributed by atoms with Gasteiger partial charge in [-0.2, -0.15) is 5.26 Å². The van der Waals surface area contributed by atoms with Crippen molar-refractivity contribution in [2.24, 2.45) is 5.41 Å². The van der Waals surface area contributed by atoms with Gasteiger partial charge < -0.3 is 0 Å². The zero-order valence-corrected chi connectivity index (χ0v) is 9.73. The summed E-state index contributed by atoms with van der Waals surface area (Å²) in [4.78, 5) is 0. The second-order valence-electron chi connectivity index (χ2n) is 4.49. The minimum atomic E-state index is -0.398. The van der Waals surface area contributed by atoms with E-state index in [0.717, 1.165) is 31.2 Å². The van der Waals surface area contributed by atoms with Gasteiger partial charge in [0.1, 0.15) is 5.82 Å². The van der Waals surface area contributed by atoms with Gasteiger partial charge in [-0.15, -0.1) is 0 Å². The average molecular weight is 238 g/mol. The first kappa shape index (κ1) is 11.4. The molecule has 0 spiro atoms. The van der Waals surface area contributed by atoms with Crippen LogP contribution in [-0.2, 0) is 6.42 Å². The summed E-state index contributed by atoms with van der Waals surface area (Å²) in [6, 6.07) is 7.20. The standard InChI is InChI=1S/C13H13ClFN/c14-12-10(4-3-5-11(12)15)8-13(9-16)6-1-2-7-13/h3-5H,1-2,6-8H2. The average Bonchev–Trinajstić information content (AvgIpc) is 2.74. The van der Waals surface area contributed by atoms with Gasteiger partial charge in [0, 0.05) is 0 Å². The van der Waals surface area contributed by atoms with E-state index in [1.54, 1.807) is 6.07 Å². The maximum atomic E-state index is 13.3. The zero-order chi connectivity index (χ0) is 11.6. The Balaban J connectivity index is 2.27. The van der Waals surface area contributed by atoms with Crippen LogP contribution in [0, 0.1) is 22.6 Å². The third-order valence-corrected chi connectivity index (χ3v) is 3.78. The number of nitriles is 1. The van der Waals surface area contributed by atoms with E-state index in [1.165, 1.54) is 6.07 Å². The van der Waals surface area contributed by atoms with E-state index in [9.17, 15) is 9.65 Å². The van der Waals surface area contributed by atoms with Crippen LogP contribution >= 0.6 is 11.6 Å². The Kier molecular flexibility index (Phi) is 3.16. The van der Waals surface area contributed by atoms with Gasteiger partial charge in [0.25, 0.3) is 0 Å². The molecule has 2 rings (SSSR count). The topological polar surface area (TPSA) is 23.8 Å². The molecule has 1 aliphatic rings. The molecule has 0 aliphatic heterocycles. The van der Waals surface area contributed by atoms with Crippen LogP contribution in [0.15, 0.2) is 18.2 Å². The summed E-state index contributed by atoms with van der Waals surface area (Å²) < 4.78 is 13.3. The summed E-state index contributed by atoms with van der Waals surface area (Å²) in [6.07, 6.45) is 4.54. The van der Waals surface area contributed by atoms with Crippen molar-refractivity contribution in [2.45, 2.75) is 32.1 Å². The smallest absolute Gasteiger partial charge is 0.142 e. The lowest BCUT2D eigenvalue weighted by Crippen LogP contribution is -2.17. The minimum Gasteiger partial charge on any atom is -0.205 e. The van der Waals surface area contributed by atoms with Gasteiger partial charge in [0.2, 0.25) is 0 Å². The highest BCUT2D eigenvalue weighted by Crippen LogP contribution is 2.41. The highest BCUT2D eigenvalue weighted by molar-refractivity contribution is 6.31. The van der Waals surface area contributed by atoms with Gasteiger partial charge in [-0.25, -0.2) is 4.39 Å². The quantitative estimate of drug-likeness (QED) is 0.760. The number of nitrogens with zero attached hydrogens (tertiary/aromatic N) is 1. The van der Waals surface area contributed by atoms with Crippen molar-refractivity contribution in [2.75, 3.05) is 0 Å². The molecule has 84 valence electrons. The molecule has 0 amide bonds. The first-order valence-electron chi connectivity index (χ1n) is 5.51. The minimum absolute atomic E-state index is 0.170. The highest BCUT2D eigenvalue weighted by Gasteiger charge is 2.34. The van der Waals surface area contributed by atoms with E-state index in [4.69, 9.17) is 11.6 Å². The van der Waals surface area contributed by atoms with Crippen molar-refractivity contribution in [3.05, 3.63) is 34.6 Å². The second-order valence-corrected chi connectivity index (χ2v) is 4.87. The van der Waals surface area contributed by atoms with Crippen molar-refractivity contribution in [3.63, 3.8) is 0 Å². The summed E-state index contributed by atoms with van der Waals surface area (Å²) in [5.74, 6) is -0.398. The molecule has 16 heavy (non-hydrogen) atoms. The third-order valence-electron chi connectivity index (χ3n) is 3.36. The normalized spacial score (nSPS) is 18.3. The SMILES string of the molecule is N#CC1(Cc2cccc(F)c2Cl)CCCC1. The molecule has 0 saturated heterocycles. The number of halogens is 2. The van der Waals surface area contributed by atoms with Crippen LogP contribution in [0.1, 0.15) is 31.2 Å². The molecule has 0 aromatic heterocycles. The predicted octanol–water partition coefficient (Wildman–Crippen LogP) is 4.11. The highest BCUT2D eigenvalue weighted by atomic mass is 35.5. The molecule has 0 heterocycles. The fourth-order valence-corrected chi connectivity index (χ4v) is 2.62. The van der Waals surface area contributed by atoms with Crippen LogP contribution in [0.5, 0.6) is 0 Å². The monoisotopic (exact) mass is 237 g/mol. The zero-order valence-electron chi connectivity index (χ0n) is 8.97. The van der Waals surface area contributed by atoms with Crippen LogP contribution in [-0.4, -0.2) is 0 Å². The molecule has 0 unspecified atom stereocenters. The fraction of sp³-hybridized carbons (Fsp3) is 0.462. The molecule has 1 saturated carbocycles. The van der Waals surface area contributed by atoms with Crippen molar-refractivity contribution in [1.29, 1.82) is 5.26 Å². The van der Waals surface area contributed by atoms with Crippen LogP contribution in [0.2, 0.25) is 5.02 Å². The molecule has 1 aromatic rings. The lowest BCUT2D eigenvalue weighted by molar-refractivity contribution is 0.407. The van der Waals surface area contributed by atoms with Crippen LogP contribution in [0.3, 0.4) is 0 Å². The van der Waals surface area contributed by atoms with Gasteiger partial charge in [0.05, 0.1) is 16.5 Å². The van der Waals surface area contributed by atoms with Crippen molar-refractivity contribution in [1.82, 2.24) is 0 Å². The molecule has 0 bridgehead atoms. The van der Waals surface area contributed by atoms with E-state index < -0.39 is 5.82 Å². The number of hydrogen-bond acceptors (Lipinski definition) is 1. The molecule has 0 radical (unpaired) electrons. The Morgan fingerprint density at radius 2 is 2.06 bits per heavy atom. The van der Waals surface area contributed by atoms with E-state index >= 15 is 0 Å². The maximum absolute atomic E-state index is 13.3. The Bertz CT molecular complexity index is 430. The number of hydrogen-bond donors (Lipinski definition) is 0. The summed E-state index contributed by atoms with van der Waals surface area (Å²) in [6.45, 7) is 0. The molecule has 1 aliphatic carbocycles. The molecular weight excluding hydrogens is 225 g/mol. The fourth-order valence-electron chi connectivity index (χ4n) is 2.43. The Morgan fingerprint density at radius 1 is 1.38 bits per heavy atom. The molecule has 0 N–H and O–H groups in total. The van der Waals surface area contributed by atoms with Crippen LogP contribution in [0.25, 0.3) is 0 Å². The first-order valence-corrected chi connectivity index (χ1v) is 5.89. The summed E-state index contributed by atoms with van der Waals surface area (Å²) >= 11 is 5.91. The lowest BCUT2D eigenvalue weighted by Gasteiger charge is -2.20. The summed E-state index contributed by atoms with van der Waals surface area (Å²) in [7, 11) is 0. The maximum Gasteiger partial charge on any atom is 0.142 e. The van der Waals surface area contributed by atoms with Crippen molar-refractivity contribution < 1.29 is 4.39 Å². The largest absolute Gasteiger partial charge is 0.205 e. The van der Waals surface area contributed by atoms with E-state index in [-0.39, 0.29) is 10.4 Å². The van der Waals surface area contributed by atoms with Gasteiger partial charge in [-0.05, 0) is 30.9 Å². The Labute approximate surface area is 99.8 Å². The predicted molar refractivity (Wildman–Crippen MR) is 61.6 cm³/mol. The lowest BCUT2D eigenvalue weighted by atomic mass is 9.81. The summed E-state index contributed by atoms with van der Waals surface area (Å²) in [5.41, 5.74) is 0.433. The van der Waals surface area contributed by atoms with E-state index in [1.807, 2.05) is 6.07 Å². The van der Waals surface area contributed by atoms with Crippen molar-refractivity contribution in [3.8, 4) is 6.07 Å². The number of benzene rings is 1. The van der Waals surface area contributed by atoms with Gasteiger partial charge in [-0.3, -0.25) is 0 Å². The van der Waals surface area contributed by atoms with Gasteiger partial charge in [0.15, 0.2) is 0 Å². The second kappa shape index (κ2) is 4.43. The molecule has 1 fully saturated rings. The first-order chi connectivity index (χ1) is 7.67. The Morgan fingerprint density at radius 3 is 2.69 bits per heavy atom. The van der Waals surface area contributed by atoms with Gasteiger partial charge in [-0.1, -0.05) is 36.6 Å². The van der Waals surface area contributed by atoms with E-state index in [0.29, 0.717) is 6.42 Å². The summed E-state index contributed by atoms with van der Waals surface area (Å²) in [5, 5.41) is 9.42. The van der Waals surface area contributed by atoms with Crippen molar-refractivity contribution >= 4 is 11.6 Å². The van der Waals surface area contributed by atoms with E-state index in [2.05, 4.69) is 6.07 Å².